The summed E-state index contributed by atoms with van der Waals surface area (Å²) in [6.07, 6.45) is 4.33. The summed E-state index contributed by atoms with van der Waals surface area (Å²) in [4.78, 5) is 26.7. The van der Waals surface area contributed by atoms with Crippen molar-refractivity contribution in [3.8, 4) is 11.1 Å². The summed E-state index contributed by atoms with van der Waals surface area (Å²) >= 11 is 0. The molecule has 0 amide bonds. The van der Waals surface area contributed by atoms with Crippen molar-refractivity contribution < 1.29 is 8.78 Å². The molecule has 0 unspecified atom stereocenters. The average molecular weight is 393 g/mol. The standard InChI is InChI=1S/C21H17F2N5O/c1-27(2)19-10-13(5-7-24-19)14-8-16(22)15(17(23)9-14)11-28-12-26-18-4-3-6-25-20(18)21(28)29/h3-10,12H,11H2,1-2H3. The van der Waals surface area contributed by atoms with Crippen molar-refractivity contribution in [1.29, 1.82) is 0 Å². The van der Waals surface area contributed by atoms with Gasteiger partial charge in [-0.25, -0.2) is 23.7 Å². The van der Waals surface area contributed by atoms with Gasteiger partial charge >= 0.3 is 0 Å². The van der Waals surface area contributed by atoms with Crippen LogP contribution in [0.1, 0.15) is 5.56 Å². The Balaban J connectivity index is 1.73. The summed E-state index contributed by atoms with van der Waals surface area (Å²) < 4.78 is 30.7. The number of pyridine rings is 2. The van der Waals surface area contributed by atoms with Crippen LogP contribution >= 0.6 is 0 Å². The number of nitrogens with zero attached hydrogens (tertiary/aromatic N) is 5. The minimum atomic E-state index is -0.740. The molecule has 3 heterocycles. The number of halogens is 2. The maximum atomic E-state index is 14.8. The molecule has 0 saturated carbocycles. The molecule has 0 aliphatic carbocycles. The third-order valence-electron chi connectivity index (χ3n) is 4.59. The lowest BCUT2D eigenvalue weighted by Gasteiger charge is -2.13. The molecule has 0 saturated heterocycles. The van der Waals surface area contributed by atoms with Gasteiger partial charge in [0.25, 0.3) is 5.56 Å². The summed E-state index contributed by atoms with van der Waals surface area (Å²) in [7, 11) is 3.67. The van der Waals surface area contributed by atoms with Gasteiger partial charge in [-0.15, -0.1) is 0 Å². The molecule has 4 aromatic rings. The number of benzene rings is 1. The second-order valence-electron chi connectivity index (χ2n) is 6.76. The van der Waals surface area contributed by atoms with Crippen LogP contribution < -0.4 is 10.5 Å². The molecule has 4 rings (SSSR count). The molecule has 0 N–H and O–H groups in total. The second-order valence-corrected chi connectivity index (χ2v) is 6.76. The van der Waals surface area contributed by atoms with E-state index in [2.05, 4.69) is 15.0 Å². The van der Waals surface area contributed by atoms with Crippen molar-refractivity contribution in [3.05, 3.63) is 82.7 Å². The Morgan fingerprint density at radius 3 is 2.45 bits per heavy atom. The summed E-state index contributed by atoms with van der Waals surface area (Å²) in [5, 5.41) is 0. The predicted molar refractivity (Wildman–Crippen MR) is 107 cm³/mol. The first kappa shape index (κ1) is 18.7. The number of hydrogen-bond acceptors (Lipinski definition) is 5. The largest absolute Gasteiger partial charge is 0.363 e. The number of fused-ring (bicyclic) bond motifs is 1. The molecular formula is C21H17F2N5O. The molecule has 0 atom stereocenters. The number of hydrogen-bond donors (Lipinski definition) is 0. The van der Waals surface area contributed by atoms with Crippen LogP contribution in [0.5, 0.6) is 0 Å². The van der Waals surface area contributed by atoms with Crippen LogP contribution in [0.4, 0.5) is 14.6 Å². The third kappa shape index (κ3) is 3.56. The quantitative estimate of drug-likeness (QED) is 0.533. The fourth-order valence-electron chi connectivity index (χ4n) is 3.03. The highest BCUT2D eigenvalue weighted by Crippen LogP contribution is 2.26. The molecule has 0 spiro atoms. The molecule has 0 fully saturated rings. The molecular weight excluding hydrogens is 376 g/mol. The Hall–Kier alpha value is -3.68. The van der Waals surface area contributed by atoms with E-state index in [9.17, 15) is 13.6 Å². The molecule has 3 aromatic heterocycles. The Bertz CT molecular complexity index is 1250. The van der Waals surface area contributed by atoms with E-state index in [1.165, 1.54) is 24.7 Å². The smallest absolute Gasteiger partial charge is 0.280 e. The molecule has 0 aliphatic heterocycles. The van der Waals surface area contributed by atoms with Crippen LogP contribution in [0.2, 0.25) is 0 Å². The van der Waals surface area contributed by atoms with Crippen molar-refractivity contribution in [3.63, 3.8) is 0 Å². The topological polar surface area (TPSA) is 63.9 Å². The number of anilines is 1. The monoisotopic (exact) mass is 393 g/mol. The van der Waals surface area contributed by atoms with E-state index < -0.39 is 17.2 Å². The third-order valence-corrected chi connectivity index (χ3v) is 4.59. The molecule has 29 heavy (non-hydrogen) atoms. The molecule has 146 valence electrons. The van der Waals surface area contributed by atoms with Gasteiger partial charge in [0, 0.05) is 32.1 Å². The van der Waals surface area contributed by atoms with Crippen LogP contribution in [0.3, 0.4) is 0 Å². The van der Waals surface area contributed by atoms with E-state index in [0.29, 0.717) is 22.5 Å². The number of rotatable bonds is 4. The second kappa shape index (κ2) is 7.38. The van der Waals surface area contributed by atoms with Gasteiger partial charge in [0.05, 0.1) is 18.4 Å². The van der Waals surface area contributed by atoms with Gasteiger partial charge in [-0.3, -0.25) is 9.36 Å². The lowest BCUT2D eigenvalue weighted by atomic mass is 10.0. The summed E-state index contributed by atoms with van der Waals surface area (Å²) in [5.41, 5.74) is 0.944. The minimum absolute atomic E-state index is 0.153. The fraction of sp³-hybridized carbons (Fsp3) is 0.143. The van der Waals surface area contributed by atoms with Crippen molar-refractivity contribution >= 4 is 16.9 Å². The van der Waals surface area contributed by atoms with Gasteiger partial charge in [-0.2, -0.15) is 0 Å². The Morgan fingerprint density at radius 1 is 0.966 bits per heavy atom. The lowest BCUT2D eigenvalue weighted by Crippen LogP contribution is -2.23. The van der Waals surface area contributed by atoms with Crippen LogP contribution in [0.25, 0.3) is 22.2 Å². The highest BCUT2D eigenvalue weighted by atomic mass is 19.1. The van der Waals surface area contributed by atoms with E-state index >= 15 is 0 Å². The lowest BCUT2D eigenvalue weighted by molar-refractivity contribution is 0.541. The Labute approximate surface area is 165 Å². The van der Waals surface area contributed by atoms with E-state index in [1.807, 2.05) is 14.1 Å². The SMILES string of the molecule is CN(C)c1cc(-c2cc(F)c(Cn3cnc4cccnc4c3=O)c(F)c2)ccn1. The van der Waals surface area contributed by atoms with Gasteiger partial charge in [0.15, 0.2) is 5.52 Å². The van der Waals surface area contributed by atoms with Crippen LogP contribution in [0, 0.1) is 11.6 Å². The molecule has 0 aliphatic rings. The maximum absolute atomic E-state index is 14.8. The van der Waals surface area contributed by atoms with Gasteiger partial charge < -0.3 is 4.90 Å². The maximum Gasteiger partial charge on any atom is 0.280 e. The minimum Gasteiger partial charge on any atom is -0.363 e. The van der Waals surface area contributed by atoms with Gasteiger partial charge in [0.2, 0.25) is 0 Å². The summed E-state index contributed by atoms with van der Waals surface area (Å²) in [6, 6.07) is 9.26. The predicted octanol–water partition coefficient (Wildman–Crippen LogP) is 3.25. The molecule has 0 radical (unpaired) electrons. The van der Waals surface area contributed by atoms with Crippen molar-refractivity contribution in [2.75, 3.05) is 19.0 Å². The van der Waals surface area contributed by atoms with Crippen LogP contribution in [-0.4, -0.2) is 33.6 Å². The van der Waals surface area contributed by atoms with Crippen molar-refractivity contribution in [1.82, 2.24) is 19.5 Å². The molecule has 1 aromatic carbocycles. The van der Waals surface area contributed by atoms with E-state index in [4.69, 9.17) is 0 Å². The zero-order valence-corrected chi connectivity index (χ0v) is 15.8. The fourth-order valence-corrected chi connectivity index (χ4v) is 3.03. The van der Waals surface area contributed by atoms with Crippen LogP contribution in [0.15, 0.2) is 59.9 Å². The normalized spacial score (nSPS) is 11.0. The summed E-state index contributed by atoms with van der Waals surface area (Å²) in [5.74, 6) is -0.804. The van der Waals surface area contributed by atoms with E-state index in [1.54, 1.807) is 35.4 Å². The first-order valence-corrected chi connectivity index (χ1v) is 8.86. The highest BCUT2D eigenvalue weighted by molar-refractivity contribution is 5.72. The molecule has 8 heteroatoms. The number of aromatic nitrogens is 4. The first-order valence-electron chi connectivity index (χ1n) is 8.86. The zero-order chi connectivity index (χ0) is 20.5. The average Bonchev–Trinajstić information content (AvgIpc) is 2.72. The van der Waals surface area contributed by atoms with E-state index in [-0.39, 0.29) is 17.6 Å². The zero-order valence-electron chi connectivity index (χ0n) is 15.8. The Kier molecular flexibility index (Phi) is 4.75. The molecule has 6 nitrogen and oxygen atoms in total. The van der Waals surface area contributed by atoms with Gasteiger partial charge in [0.1, 0.15) is 17.5 Å². The van der Waals surface area contributed by atoms with Gasteiger partial charge in [-0.1, -0.05) is 0 Å². The van der Waals surface area contributed by atoms with Crippen LogP contribution in [-0.2, 0) is 6.54 Å². The summed E-state index contributed by atoms with van der Waals surface area (Å²) in [6.45, 7) is -0.282. The molecule has 0 bridgehead atoms. The Morgan fingerprint density at radius 2 is 1.72 bits per heavy atom. The van der Waals surface area contributed by atoms with Crippen molar-refractivity contribution in [2.24, 2.45) is 0 Å². The first-order chi connectivity index (χ1) is 13.9. The van der Waals surface area contributed by atoms with Gasteiger partial charge in [-0.05, 0) is 47.5 Å². The van der Waals surface area contributed by atoms with Crippen molar-refractivity contribution in [2.45, 2.75) is 6.54 Å². The highest BCUT2D eigenvalue weighted by Gasteiger charge is 2.15. The van der Waals surface area contributed by atoms with E-state index in [0.717, 1.165) is 4.57 Å².